The Morgan fingerprint density at radius 2 is 1.90 bits per heavy atom. The highest BCUT2D eigenvalue weighted by Gasteiger charge is 2.19. The standard InChI is InChI=1S/C13H21N3O4S/c1-13(2,9-17)15-7-8-21(19,20)11-5-3-10(4-6-11)12(14)16-18/h3-6,15,17-18H,7-9H2,1-2H3,(H2,14,16). The molecule has 0 bridgehead atoms. The average molecular weight is 315 g/mol. The van der Waals surface area contributed by atoms with Crippen LogP contribution in [0.3, 0.4) is 0 Å². The Balaban J connectivity index is 2.75. The van der Waals surface area contributed by atoms with E-state index in [1.54, 1.807) is 13.8 Å². The largest absolute Gasteiger partial charge is 0.409 e. The minimum atomic E-state index is -3.43. The summed E-state index contributed by atoms with van der Waals surface area (Å²) < 4.78 is 24.3. The normalized spacial score (nSPS) is 13.4. The average Bonchev–Trinajstić information content (AvgIpc) is 2.46. The molecule has 21 heavy (non-hydrogen) atoms. The first-order valence-electron chi connectivity index (χ1n) is 6.38. The number of nitrogens with zero attached hydrogens (tertiary/aromatic N) is 1. The molecule has 8 heteroatoms. The topological polar surface area (TPSA) is 125 Å². The van der Waals surface area contributed by atoms with Crippen molar-refractivity contribution in [1.82, 2.24) is 5.32 Å². The second-order valence-corrected chi connectivity index (χ2v) is 7.41. The van der Waals surface area contributed by atoms with Crippen LogP contribution in [0.2, 0.25) is 0 Å². The van der Waals surface area contributed by atoms with Crippen molar-refractivity contribution in [2.45, 2.75) is 24.3 Å². The first kappa shape index (κ1) is 17.4. The highest BCUT2D eigenvalue weighted by atomic mass is 32.2. The van der Waals surface area contributed by atoms with Gasteiger partial charge in [0.2, 0.25) is 0 Å². The van der Waals surface area contributed by atoms with Crippen LogP contribution >= 0.6 is 0 Å². The SMILES string of the molecule is CC(C)(CO)NCCS(=O)(=O)c1ccc(/C(N)=N/O)cc1. The van der Waals surface area contributed by atoms with E-state index in [1.165, 1.54) is 24.3 Å². The molecule has 0 radical (unpaired) electrons. The van der Waals surface area contributed by atoms with Crippen LogP contribution in [0.25, 0.3) is 0 Å². The van der Waals surface area contributed by atoms with Gasteiger partial charge in [-0.05, 0) is 38.1 Å². The van der Waals surface area contributed by atoms with Crippen LogP contribution in [-0.2, 0) is 9.84 Å². The highest BCUT2D eigenvalue weighted by Crippen LogP contribution is 2.12. The number of nitrogens with two attached hydrogens (primary N) is 1. The van der Waals surface area contributed by atoms with E-state index in [-0.39, 0.29) is 29.6 Å². The van der Waals surface area contributed by atoms with Gasteiger partial charge in [-0.15, -0.1) is 0 Å². The van der Waals surface area contributed by atoms with Gasteiger partial charge in [0.1, 0.15) is 0 Å². The van der Waals surface area contributed by atoms with Crippen molar-refractivity contribution in [2.24, 2.45) is 10.9 Å². The number of hydrogen-bond donors (Lipinski definition) is 4. The minimum Gasteiger partial charge on any atom is -0.409 e. The number of oxime groups is 1. The van der Waals surface area contributed by atoms with E-state index < -0.39 is 15.4 Å². The molecule has 0 atom stereocenters. The highest BCUT2D eigenvalue weighted by molar-refractivity contribution is 7.91. The molecule has 0 aliphatic rings. The van der Waals surface area contributed by atoms with Crippen LogP contribution in [0.15, 0.2) is 34.3 Å². The molecule has 0 unspecified atom stereocenters. The summed E-state index contributed by atoms with van der Waals surface area (Å²) in [4.78, 5) is 0.167. The van der Waals surface area contributed by atoms with Gasteiger partial charge in [-0.3, -0.25) is 0 Å². The van der Waals surface area contributed by atoms with Crippen molar-refractivity contribution in [1.29, 1.82) is 0 Å². The van der Waals surface area contributed by atoms with Crippen molar-refractivity contribution in [3.8, 4) is 0 Å². The lowest BCUT2D eigenvalue weighted by atomic mass is 10.1. The zero-order valence-corrected chi connectivity index (χ0v) is 12.9. The fourth-order valence-corrected chi connectivity index (χ4v) is 2.75. The van der Waals surface area contributed by atoms with E-state index in [0.29, 0.717) is 5.56 Å². The summed E-state index contributed by atoms with van der Waals surface area (Å²) in [6, 6.07) is 5.79. The Hall–Kier alpha value is -1.64. The van der Waals surface area contributed by atoms with E-state index >= 15 is 0 Å². The molecule has 0 aliphatic heterocycles. The summed E-state index contributed by atoms with van der Waals surface area (Å²) in [5, 5.41) is 23.5. The molecule has 0 saturated heterocycles. The van der Waals surface area contributed by atoms with Gasteiger partial charge in [-0.1, -0.05) is 5.16 Å². The zero-order valence-electron chi connectivity index (χ0n) is 12.1. The third kappa shape index (κ3) is 5.00. The second-order valence-electron chi connectivity index (χ2n) is 5.30. The van der Waals surface area contributed by atoms with Crippen LogP contribution < -0.4 is 11.1 Å². The Kier molecular flexibility index (Phi) is 5.70. The Labute approximate surface area is 124 Å². The minimum absolute atomic E-state index is 0.0784. The molecule has 0 spiro atoms. The van der Waals surface area contributed by atoms with Crippen molar-refractivity contribution < 1.29 is 18.7 Å². The van der Waals surface area contributed by atoms with E-state index in [0.717, 1.165) is 0 Å². The van der Waals surface area contributed by atoms with Gasteiger partial charge in [0.05, 0.1) is 17.3 Å². The molecule has 0 aromatic heterocycles. The molecular formula is C13H21N3O4S. The van der Waals surface area contributed by atoms with Gasteiger partial charge in [0.25, 0.3) is 0 Å². The van der Waals surface area contributed by atoms with Gasteiger partial charge < -0.3 is 21.4 Å². The number of sulfone groups is 1. The molecule has 118 valence electrons. The summed E-state index contributed by atoms with van der Waals surface area (Å²) >= 11 is 0. The fourth-order valence-electron chi connectivity index (χ4n) is 1.59. The molecular weight excluding hydrogens is 294 g/mol. The Bertz CT molecular complexity index is 594. The van der Waals surface area contributed by atoms with Gasteiger partial charge >= 0.3 is 0 Å². The third-order valence-corrected chi connectivity index (χ3v) is 4.72. The summed E-state index contributed by atoms with van der Waals surface area (Å²) in [5.74, 6) is -0.162. The first-order valence-corrected chi connectivity index (χ1v) is 8.04. The molecule has 0 heterocycles. The van der Waals surface area contributed by atoms with E-state index in [2.05, 4.69) is 10.5 Å². The Morgan fingerprint density at radius 1 is 1.33 bits per heavy atom. The molecule has 1 aromatic carbocycles. The van der Waals surface area contributed by atoms with E-state index in [1.807, 2.05) is 0 Å². The number of rotatable bonds is 7. The molecule has 5 N–H and O–H groups in total. The number of aliphatic hydroxyl groups is 1. The van der Waals surface area contributed by atoms with Crippen LogP contribution in [0.5, 0.6) is 0 Å². The monoisotopic (exact) mass is 315 g/mol. The van der Waals surface area contributed by atoms with Crippen molar-refractivity contribution in [2.75, 3.05) is 18.9 Å². The van der Waals surface area contributed by atoms with Crippen LogP contribution in [0, 0.1) is 0 Å². The second kappa shape index (κ2) is 6.88. The Morgan fingerprint density at radius 3 is 2.38 bits per heavy atom. The number of benzene rings is 1. The van der Waals surface area contributed by atoms with Crippen LogP contribution in [-0.4, -0.2) is 49.0 Å². The summed E-state index contributed by atoms with van der Waals surface area (Å²) in [7, 11) is -3.43. The summed E-state index contributed by atoms with van der Waals surface area (Å²) in [5.41, 5.74) is 5.33. The molecule has 0 fully saturated rings. The van der Waals surface area contributed by atoms with Crippen LogP contribution in [0.4, 0.5) is 0 Å². The fraction of sp³-hybridized carbons (Fsp3) is 0.462. The molecule has 0 saturated carbocycles. The van der Waals surface area contributed by atoms with Gasteiger partial charge in [-0.2, -0.15) is 0 Å². The molecule has 0 aliphatic carbocycles. The van der Waals surface area contributed by atoms with Crippen molar-refractivity contribution in [3.05, 3.63) is 29.8 Å². The van der Waals surface area contributed by atoms with Crippen molar-refractivity contribution >= 4 is 15.7 Å². The van der Waals surface area contributed by atoms with Gasteiger partial charge in [-0.25, -0.2) is 8.42 Å². The molecule has 1 rings (SSSR count). The number of nitrogens with one attached hydrogen (secondary N) is 1. The third-order valence-electron chi connectivity index (χ3n) is 2.99. The smallest absolute Gasteiger partial charge is 0.179 e. The zero-order chi connectivity index (χ0) is 16.1. The number of amidine groups is 1. The predicted octanol–water partition coefficient (Wildman–Crippen LogP) is -0.0847. The summed E-state index contributed by atoms with van der Waals surface area (Å²) in [6.07, 6.45) is 0. The number of aliphatic hydroxyl groups excluding tert-OH is 1. The van der Waals surface area contributed by atoms with E-state index in [4.69, 9.17) is 16.0 Å². The molecule has 7 nitrogen and oxygen atoms in total. The van der Waals surface area contributed by atoms with Gasteiger partial charge in [0, 0.05) is 17.6 Å². The van der Waals surface area contributed by atoms with Gasteiger partial charge in [0.15, 0.2) is 15.7 Å². The quantitative estimate of drug-likeness (QED) is 0.241. The maximum absolute atomic E-state index is 12.1. The van der Waals surface area contributed by atoms with Crippen LogP contribution in [0.1, 0.15) is 19.4 Å². The molecule has 0 amide bonds. The first-order chi connectivity index (χ1) is 9.72. The van der Waals surface area contributed by atoms with Crippen molar-refractivity contribution in [3.63, 3.8) is 0 Å². The lowest BCUT2D eigenvalue weighted by Gasteiger charge is -2.23. The maximum atomic E-state index is 12.1. The predicted molar refractivity (Wildman–Crippen MR) is 80.2 cm³/mol. The maximum Gasteiger partial charge on any atom is 0.179 e. The lowest BCUT2D eigenvalue weighted by molar-refractivity contribution is 0.191. The van der Waals surface area contributed by atoms with E-state index in [9.17, 15) is 8.42 Å². The number of hydrogen-bond acceptors (Lipinski definition) is 6. The molecule has 1 aromatic rings. The summed E-state index contributed by atoms with van der Waals surface area (Å²) in [6.45, 7) is 3.72. The lowest BCUT2D eigenvalue weighted by Crippen LogP contribution is -2.44.